The number of benzene rings is 2. The van der Waals surface area contributed by atoms with Crippen LogP contribution in [0.1, 0.15) is 29.5 Å². The number of methoxy groups -OCH3 is 1. The maximum atomic E-state index is 13.9. The summed E-state index contributed by atoms with van der Waals surface area (Å²) in [4.78, 5) is 44.8. The summed E-state index contributed by atoms with van der Waals surface area (Å²) in [5.74, 6) is -1.28. The number of anilines is 2. The van der Waals surface area contributed by atoms with E-state index in [1.807, 2.05) is 26.0 Å². The van der Waals surface area contributed by atoms with E-state index in [1.165, 1.54) is 4.90 Å². The third-order valence-electron chi connectivity index (χ3n) is 7.77. The van der Waals surface area contributed by atoms with Gasteiger partial charge in [-0.05, 0) is 63.1 Å². The predicted octanol–water partition coefficient (Wildman–Crippen LogP) is 2.74. The SMILES string of the molecule is COc1ccc(N2C(=O)C3C4CCCN4C4(C(=O)Nc5c(C)cc(C)cc54)C3C2=O)cc1. The highest BCUT2D eigenvalue weighted by atomic mass is 16.5. The van der Waals surface area contributed by atoms with Gasteiger partial charge in [-0.2, -0.15) is 0 Å². The molecule has 2 aromatic carbocycles. The lowest BCUT2D eigenvalue weighted by Crippen LogP contribution is -2.54. The second-order valence-electron chi connectivity index (χ2n) is 9.34. The van der Waals surface area contributed by atoms with Gasteiger partial charge in [-0.25, -0.2) is 4.90 Å². The molecule has 4 heterocycles. The van der Waals surface area contributed by atoms with Gasteiger partial charge in [0.25, 0.3) is 0 Å². The second kappa shape index (κ2) is 6.42. The van der Waals surface area contributed by atoms with Crippen LogP contribution in [0.2, 0.25) is 0 Å². The minimum absolute atomic E-state index is 0.114. The maximum Gasteiger partial charge on any atom is 0.250 e. The van der Waals surface area contributed by atoms with Gasteiger partial charge in [0.05, 0.1) is 24.6 Å². The lowest BCUT2D eigenvalue weighted by atomic mass is 9.75. The van der Waals surface area contributed by atoms with E-state index in [9.17, 15) is 14.4 Å². The minimum Gasteiger partial charge on any atom is -0.497 e. The fraction of sp³-hybridized carbons (Fsp3) is 0.400. The molecule has 1 N–H and O–H groups in total. The van der Waals surface area contributed by atoms with Crippen LogP contribution < -0.4 is 15.0 Å². The summed E-state index contributed by atoms with van der Waals surface area (Å²) in [5, 5.41) is 3.08. The van der Waals surface area contributed by atoms with Crippen LogP contribution in [0.4, 0.5) is 11.4 Å². The van der Waals surface area contributed by atoms with Crippen LogP contribution >= 0.6 is 0 Å². The van der Waals surface area contributed by atoms with E-state index >= 15 is 0 Å². The van der Waals surface area contributed by atoms with Gasteiger partial charge >= 0.3 is 0 Å². The summed E-state index contributed by atoms with van der Waals surface area (Å²) in [6.45, 7) is 4.69. The molecule has 164 valence electrons. The smallest absolute Gasteiger partial charge is 0.250 e. The first-order valence-electron chi connectivity index (χ1n) is 11.1. The fourth-order valence-electron chi connectivity index (χ4n) is 6.65. The van der Waals surface area contributed by atoms with Crippen molar-refractivity contribution in [1.29, 1.82) is 0 Å². The fourth-order valence-corrected chi connectivity index (χ4v) is 6.65. The summed E-state index contributed by atoms with van der Waals surface area (Å²) < 4.78 is 5.22. The molecule has 7 nitrogen and oxygen atoms in total. The number of ether oxygens (including phenoxy) is 1. The highest BCUT2D eigenvalue weighted by molar-refractivity contribution is 6.26. The summed E-state index contributed by atoms with van der Waals surface area (Å²) in [6, 6.07) is 10.9. The van der Waals surface area contributed by atoms with Gasteiger partial charge in [0.15, 0.2) is 0 Å². The monoisotopic (exact) mass is 431 g/mol. The molecule has 3 saturated heterocycles. The number of amides is 3. The zero-order valence-electron chi connectivity index (χ0n) is 18.3. The van der Waals surface area contributed by atoms with Crippen LogP contribution in [-0.2, 0) is 19.9 Å². The Morgan fingerprint density at radius 2 is 1.81 bits per heavy atom. The first-order chi connectivity index (χ1) is 15.4. The van der Waals surface area contributed by atoms with Crippen molar-refractivity contribution in [3.05, 3.63) is 53.1 Å². The van der Waals surface area contributed by atoms with E-state index in [4.69, 9.17) is 4.74 Å². The molecular weight excluding hydrogens is 406 g/mol. The van der Waals surface area contributed by atoms with Crippen LogP contribution in [0.25, 0.3) is 0 Å². The van der Waals surface area contributed by atoms with Gasteiger partial charge in [-0.1, -0.05) is 17.7 Å². The molecule has 0 bridgehead atoms. The van der Waals surface area contributed by atoms with Crippen LogP contribution in [0.5, 0.6) is 5.75 Å². The van der Waals surface area contributed by atoms with Crippen molar-refractivity contribution in [2.45, 2.75) is 38.3 Å². The lowest BCUT2D eigenvalue weighted by molar-refractivity contribution is -0.135. The number of nitrogens with one attached hydrogen (secondary N) is 1. The van der Waals surface area contributed by atoms with Gasteiger partial charge in [-0.3, -0.25) is 19.3 Å². The molecule has 32 heavy (non-hydrogen) atoms. The molecule has 4 atom stereocenters. The Morgan fingerprint density at radius 1 is 1.06 bits per heavy atom. The molecule has 0 saturated carbocycles. The molecule has 1 spiro atoms. The van der Waals surface area contributed by atoms with Gasteiger partial charge in [0, 0.05) is 17.3 Å². The van der Waals surface area contributed by atoms with Crippen molar-refractivity contribution in [3.63, 3.8) is 0 Å². The van der Waals surface area contributed by atoms with Crippen molar-refractivity contribution in [2.75, 3.05) is 23.9 Å². The van der Waals surface area contributed by atoms with Gasteiger partial charge in [0.2, 0.25) is 17.7 Å². The van der Waals surface area contributed by atoms with E-state index in [-0.39, 0.29) is 23.8 Å². The molecule has 0 aromatic heterocycles. The molecule has 0 aliphatic carbocycles. The zero-order valence-corrected chi connectivity index (χ0v) is 18.3. The Bertz CT molecular complexity index is 1190. The maximum absolute atomic E-state index is 13.9. The molecule has 3 fully saturated rings. The largest absolute Gasteiger partial charge is 0.497 e. The standard InChI is InChI=1S/C25H25N3O4/c1-13-11-14(2)21-17(12-13)25(24(31)26-21)20-19(18-5-4-10-27(18)25)22(29)28(23(20)30)15-6-8-16(32-3)9-7-15/h6-9,11-12,18-20H,4-5,10H2,1-3H3,(H,26,31). The third-order valence-corrected chi connectivity index (χ3v) is 7.77. The number of hydrogen-bond donors (Lipinski definition) is 1. The summed E-state index contributed by atoms with van der Waals surface area (Å²) in [5.41, 5.74) is 3.04. The average molecular weight is 431 g/mol. The quantitative estimate of drug-likeness (QED) is 0.740. The van der Waals surface area contributed by atoms with E-state index < -0.39 is 17.4 Å². The van der Waals surface area contributed by atoms with Crippen molar-refractivity contribution >= 4 is 29.1 Å². The summed E-state index contributed by atoms with van der Waals surface area (Å²) >= 11 is 0. The number of carbonyl (C=O) groups excluding carboxylic acids is 3. The normalized spacial score (nSPS) is 30.7. The van der Waals surface area contributed by atoms with Gasteiger partial charge in [0.1, 0.15) is 11.3 Å². The average Bonchev–Trinajstić information content (AvgIpc) is 3.47. The van der Waals surface area contributed by atoms with E-state index in [2.05, 4.69) is 10.2 Å². The topological polar surface area (TPSA) is 79.0 Å². The van der Waals surface area contributed by atoms with E-state index in [0.29, 0.717) is 18.0 Å². The van der Waals surface area contributed by atoms with Crippen LogP contribution in [-0.4, -0.2) is 42.3 Å². The van der Waals surface area contributed by atoms with Gasteiger partial charge < -0.3 is 10.1 Å². The number of aryl methyl sites for hydroxylation is 2. The molecular formula is C25H25N3O4. The highest BCUT2D eigenvalue weighted by Crippen LogP contribution is 2.61. The molecule has 4 unspecified atom stereocenters. The van der Waals surface area contributed by atoms with Crippen LogP contribution in [0.15, 0.2) is 36.4 Å². The summed E-state index contributed by atoms with van der Waals surface area (Å²) in [7, 11) is 1.57. The number of fused-ring (bicyclic) bond motifs is 7. The number of imide groups is 1. The Kier molecular flexibility index (Phi) is 3.91. The van der Waals surface area contributed by atoms with Gasteiger partial charge in [-0.15, -0.1) is 0 Å². The molecule has 4 aliphatic heterocycles. The first-order valence-corrected chi connectivity index (χ1v) is 11.1. The Balaban J connectivity index is 1.54. The molecule has 6 rings (SSSR count). The molecule has 2 aromatic rings. The Labute approximate surface area is 186 Å². The van der Waals surface area contributed by atoms with Crippen LogP contribution in [0.3, 0.4) is 0 Å². The molecule has 0 radical (unpaired) electrons. The Morgan fingerprint density at radius 3 is 2.53 bits per heavy atom. The second-order valence-corrected chi connectivity index (χ2v) is 9.34. The van der Waals surface area contributed by atoms with Crippen molar-refractivity contribution < 1.29 is 19.1 Å². The number of rotatable bonds is 2. The minimum atomic E-state index is -1.13. The first kappa shape index (κ1) is 19.5. The van der Waals surface area contributed by atoms with Crippen molar-refractivity contribution in [3.8, 4) is 5.75 Å². The number of carbonyl (C=O) groups is 3. The van der Waals surface area contributed by atoms with Crippen LogP contribution in [0, 0.1) is 25.7 Å². The van der Waals surface area contributed by atoms with E-state index in [1.54, 1.807) is 31.4 Å². The molecule has 3 amide bonds. The van der Waals surface area contributed by atoms with E-state index in [0.717, 1.165) is 35.2 Å². The van der Waals surface area contributed by atoms with Crippen molar-refractivity contribution in [1.82, 2.24) is 4.90 Å². The highest BCUT2D eigenvalue weighted by Gasteiger charge is 2.74. The lowest BCUT2D eigenvalue weighted by Gasteiger charge is -2.36. The summed E-state index contributed by atoms with van der Waals surface area (Å²) in [6.07, 6.45) is 1.72. The zero-order chi connectivity index (χ0) is 22.4. The molecule has 7 heteroatoms. The number of hydrogen-bond acceptors (Lipinski definition) is 5. The Hall–Kier alpha value is -3.19. The third kappa shape index (κ3) is 2.17. The predicted molar refractivity (Wildman–Crippen MR) is 118 cm³/mol. The van der Waals surface area contributed by atoms with Crippen molar-refractivity contribution in [2.24, 2.45) is 11.8 Å². The molecule has 4 aliphatic rings. The number of nitrogens with zero attached hydrogens (tertiary/aromatic N) is 2.